The van der Waals surface area contributed by atoms with E-state index in [4.69, 9.17) is 15.7 Å². The van der Waals surface area contributed by atoms with Gasteiger partial charge in [0.05, 0.1) is 11.0 Å². The summed E-state index contributed by atoms with van der Waals surface area (Å²) in [5, 5.41) is 12.5. The van der Waals surface area contributed by atoms with Crippen molar-refractivity contribution in [3.8, 4) is 0 Å². The number of benzene rings is 1. The highest BCUT2D eigenvalue weighted by molar-refractivity contribution is 6.44. The van der Waals surface area contributed by atoms with Crippen molar-refractivity contribution in [2.24, 2.45) is 22.7 Å². The molecule has 2 saturated heterocycles. The summed E-state index contributed by atoms with van der Waals surface area (Å²) in [5.74, 6) is -0.525. The Hall–Kier alpha value is -3.27. The molecule has 10 heteroatoms. The number of carboxylic acid groups (broad SMARTS) is 1. The molecule has 4 fully saturated rings. The molecule has 4 aliphatic rings. The van der Waals surface area contributed by atoms with Gasteiger partial charge in [0.15, 0.2) is 11.4 Å². The normalized spacial score (nSPS) is 31.1. The van der Waals surface area contributed by atoms with Gasteiger partial charge in [0.2, 0.25) is 6.61 Å². The number of aromatic nitrogens is 2. The van der Waals surface area contributed by atoms with E-state index in [2.05, 4.69) is 15.0 Å². The van der Waals surface area contributed by atoms with Gasteiger partial charge in [0.1, 0.15) is 0 Å². The van der Waals surface area contributed by atoms with E-state index in [1.165, 1.54) is 44.9 Å². The standard InChI is InChI=1S/C29H37N5O5/c30-28(37)26(32-39-16-25(35)36)27-29(38)34(24-10-2-1-9-23(24)31-27)22-14-19-7-4-8-20(15-22)33(19)21-12-17-5-3-6-18(11-17)13-21/h1-2,9-10,17-22H,3-8,11-16H2,(H2,30,37)(H,35,36)/b32-26-/t17-,18+,19-,20+,21?,22?. The second-order valence-corrected chi connectivity index (χ2v) is 11.9. The first-order chi connectivity index (χ1) is 18.9. The van der Waals surface area contributed by atoms with Gasteiger partial charge in [-0.2, -0.15) is 0 Å². The van der Waals surface area contributed by atoms with Crippen LogP contribution in [0, 0.1) is 11.8 Å². The fourth-order valence-electron chi connectivity index (χ4n) is 8.16. The molecule has 1 amide bonds. The second kappa shape index (κ2) is 10.7. The molecule has 1 aromatic carbocycles. The molecule has 6 atom stereocenters. The molecule has 0 radical (unpaired) electrons. The Morgan fingerprint density at radius 1 is 0.949 bits per heavy atom. The number of carbonyl (C=O) groups is 2. The lowest BCUT2D eigenvalue weighted by atomic mass is 9.68. The van der Waals surface area contributed by atoms with Crippen LogP contribution in [0.15, 0.2) is 34.2 Å². The van der Waals surface area contributed by atoms with Crippen molar-refractivity contribution < 1.29 is 19.5 Å². The number of carbonyl (C=O) groups excluding carboxylic acids is 1. The molecule has 3 N–H and O–H groups in total. The van der Waals surface area contributed by atoms with E-state index in [1.54, 1.807) is 10.6 Å². The second-order valence-electron chi connectivity index (χ2n) is 11.9. The Balaban J connectivity index is 1.35. The Labute approximate surface area is 227 Å². The minimum atomic E-state index is -1.26. The van der Waals surface area contributed by atoms with Gasteiger partial charge in [-0.3, -0.25) is 14.5 Å². The first-order valence-electron chi connectivity index (χ1n) is 14.4. The fraction of sp³-hybridized carbons (Fsp3) is 0.621. The number of fused-ring (bicyclic) bond motifs is 5. The van der Waals surface area contributed by atoms with Gasteiger partial charge >= 0.3 is 5.97 Å². The molecule has 6 rings (SSSR count). The van der Waals surface area contributed by atoms with Crippen LogP contribution in [-0.4, -0.2) is 61.9 Å². The van der Waals surface area contributed by atoms with E-state index in [-0.39, 0.29) is 11.7 Å². The molecule has 4 bridgehead atoms. The predicted molar refractivity (Wildman–Crippen MR) is 145 cm³/mol. The zero-order valence-electron chi connectivity index (χ0n) is 22.2. The summed E-state index contributed by atoms with van der Waals surface area (Å²) in [6.45, 7) is -0.761. The van der Waals surface area contributed by atoms with E-state index >= 15 is 0 Å². The fourth-order valence-corrected chi connectivity index (χ4v) is 8.16. The Kier molecular flexibility index (Phi) is 7.14. The highest BCUT2D eigenvalue weighted by Crippen LogP contribution is 2.47. The third-order valence-corrected chi connectivity index (χ3v) is 9.49. The third-order valence-electron chi connectivity index (χ3n) is 9.49. The van der Waals surface area contributed by atoms with Gasteiger partial charge in [-0.1, -0.05) is 43.0 Å². The first-order valence-corrected chi connectivity index (χ1v) is 14.4. The smallest absolute Gasteiger partial charge is 0.344 e. The van der Waals surface area contributed by atoms with Gasteiger partial charge in [0, 0.05) is 24.2 Å². The number of oxime groups is 1. The van der Waals surface area contributed by atoms with Crippen LogP contribution in [0.1, 0.15) is 82.4 Å². The molecule has 208 valence electrons. The summed E-state index contributed by atoms with van der Waals surface area (Å²) < 4.78 is 1.78. The monoisotopic (exact) mass is 535 g/mol. The minimum Gasteiger partial charge on any atom is -0.479 e. The average molecular weight is 536 g/mol. The molecule has 2 aliphatic carbocycles. The number of para-hydroxylation sites is 2. The third kappa shape index (κ3) is 5.06. The number of hydrogen-bond acceptors (Lipinski definition) is 7. The maximum Gasteiger partial charge on any atom is 0.344 e. The molecule has 39 heavy (non-hydrogen) atoms. The van der Waals surface area contributed by atoms with Crippen molar-refractivity contribution in [1.82, 2.24) is 14.5 Å². The summed E-state index contributed by atoms with van der Waals surface area (Å²) in [6, 6.07) is 8.85. The number of aliphatic carboxylic acids is 1. The Morgan fingerprint density at radius 2 is 1.62 bits per heavy atom. The van der Waals surface area contributed by atoms with Crippen molar-refractivity contribution >= 4 is 28.6 Å². The maximum atomic E-state index is 14.0. The van der Waals surface area contributed by atoms with Gasteiger partial charge in [-0.25, -0.2) is 9.78 Å². The molecular weight excluding hydrogens is 498 g/mol. The summed E-state index contributed by atoms with van der Waals surface area (Å²) in [5.41, 5.74) is 5.69. The van der Waals surface area contributed by atoms with Crippen LogP contribution in [0.25, 0.3) is 11.0 Å². The van der Waals surface area contributed by atoms with Crippen LogP contribution in [0.3, 0.4) is 0 Å². The average Bonchev–Trinajstić information content (AvgIpc) is 2.90. The lowest BCUT2D eigenvalue weighted by Crippen LogP contribution is -2.58. The largest absolute Gasteiger partial charge is 0.479 e. The van der Waals surface area contributed by atoms with E-state index in [1.807, 2.05) is 18.2 Å². The zero-order chi connectivity index (χ0) is 27.1. The maximum absolute atomic E-state index is 14.0. The number of hydrogen-bond donors (Lipinski definition) is 2. The Morgan fingerprint density at radius 3 is 2.28 bits per heavy atom. The van der Waals surface area contributed by atoms with Gasteiger partial charge in [-0.05, 0) is 68.9 Å². The summed E-state index contributed by atoms with van der Waals surface area (Å²) in [6.07, 6.45) is 13.4. The molecule has 10 nitrogen and oxygen atoms in total. The Bertz CT molecular complexity index is 1330. The number of primary amides is 1. The number of carboxylic acids is 1. The summed E-state index contributed by atoms with van der Waals surface area (Å²) in [7, 11) is 0. The molecule has 2 saturated carbocycles. The van der Waals surface area contributed by atoms with Crippen LogP contribution in [0.5, 0.6) is 0 Å². The summed E-state index contributed by atoms with van der Waals surface area (Å²) in [4.78, 5) is 49.2. The summed E-state index contributed by atoms with van der Waals surface area (Å²) >= 11 is 0. The van der Waals surface area contributed by atoms with Crippen LogP contribution in [-0.2, 0) is 14.4 Å². The molecule has 0 spiro atoms. The number of amides is 1. The van der Waals surface area contributed by atoms with Crippen molar-refractivity contribution in [2.45, 2.75) is 94.8 Å². The SMILES string of the molecule is NC(=O)/C(=N\OCC(=O)O)c1nc2ccccc2n(C2C[C@H]3CCC[C@@H](C2)N3C2C[C@H]3CCC[C@@H](C2)C3)c1=O. The van der Waals surface area contributed by atoms with Crippen molar-refractivity contribution in [1.29, 1.82) is 0 Å². The lowest BCUT2D eigenvalue weighted by Gasteiger charge is -2.55. The lowest BCUT2D eigenvalue weighted by molar-refractivity contribution is -0.142. The number of nitrogens with zero attached hydrogens (tertiary/aromatic N) is 4. The minimum absolute atomic E-state index is 0.0483. The van der Waals surface area contributed by atoms with Crippen molar-refractivity contribution in [3.05, 3.63) is 40.3 Å². The molecule has 2 aliphatic heterocycles. The van der Waals surface area contributed by atoms with Crippen molar-refractivity contribution in [2.75, 3.05) is 6.61 Å². The first kappa shape index (κ1) is 26.0. The quantitative estimate of drug-likeness (QED) is 0.410. The molecular formula is C29H37N5O5. The molecule has 2 aromatic rings. The highest BCUT2D eigenvalue weighted by atomic mass is 16.6. The topological polar surface area (TPSA) is 140 Å². The van der Waals surface area contributed by atoms with Crippen LogP contribution in [0.4, 0.5) is 0 Å². The van der Waals surface area contributed by atoms with Gasteiger partial charge in [-0.15, -0.1) is 0 Å². The molecule has 1 aromatic heterocycles. The van der Waals surface area contributed by atoms with Crippen molar-refractivity contribution in [3.63, 3.8) is 0 Å². The number of nitrogens with two attached hydrogens (primary N) is 1. The van der Waals surface area contributed by atoms with Gasteiger partial charge in [0.25, 0.3) is 11.5 Å². The molecule has 2 unspecified atom stereocenters. The van der Waals surface area contributed by atoms with Gasteiger partial charge < -0.3 is 20.2 Å². The highest BCUT2D eigenvalue weighted by Gasteiger charge is 2.45. The van der Waals surface area contributed by atoms with E-state index in [0.717, 1.165) is 37.5 Å². The van der Waals surface area contributed by atoms with Crippen LogP contribution < -0.4 is 11.3 Å². The number of piperidine rings is 2. The molecule has 3 heterocycles. The van der Waals surface area contributed by atoms with E-state index < -0.39 is 29.8 Å². The zero-order valence-corrected chi connectivity index (χ0v) is 22.2. The van der Waals surface area contributed by atoms with Crippen LogP contribution in [0.2, 0.25) is 0 Å². The van der Waals surface area contributed by atoms with E-state index in [0.29, 0.717) is 29.2 Å². The van der Waals surface area contributed by atoms with E-state index in [9.17, 15) is 14.4 Å². The van der Waals surface area contributed by atoms with Crippen LogP contribution >= 0.6 is 0 Å². The predicted octanol–water partition coefficient (Wildman–Crippen LogP) is 3.21. The number of rotatable bonds is 7.